The number of benzene rings is 1. The molecule has 2 saturated heterocycles. The number of hydrogen-bond acceptors (Lipinski definition) is 4. The summed E-state index contributed by atoms with van der Waals surface area (Å²) < 4.78 is 45.1. The van der Waals surface area contributed by atoms with Crippen LogP contribution in [0.2, 0.25) is 0 Å². The van der Waals surface area contributed by atoms with Crippen LogP contribution in [-0.2, 0) is 22.1 Å². The number of ether oxygens (including phenoxy) is 1. The number of carbonyl (C=O) groups excluding carboxylic acids is 1. The lowest BCUT2D eigenvalue weighted by Gasteiger charge is -2.45. The van der Waals surface area contributed by atoms with Crippen LogP contribution in [0.15, 0.2) is 18.2 Å². The quantitative estimate of drug-likeness (QED) is 0.828. The van der Waals surface area contributed by atoms with Crippen molar-refractivity contribution in [1.29, 1.82) is 0 Å². The first-order chi connectivity index (χ1) is 13.9. The molecule has 5 nitrogen and oxygen atoms in total. The van der Waals surface area contributed by atoms with Crippen molar-refractivity contribution in [2.75, 3.05) is 50.8 Å². The molecule has 0 aromatic heterocycles. The van der Waals surface area contributed by atoms with Crippen LogP contribution in [0.1, 0.15) is 30.4 Å². The molecule has 0 unspecified atom stereocenters. The van der Waals surface area contributed by atoms with Crippen molar-refractivity contribution in [2.24, 2.45) is 5.92 Å². The highest BCUT2D eigenvalue weighted by molar-refractivity contribution is 5.82. The molecule has 4 rings (SSSR count). The Morgan fingerprint density at radius 3 is 2.72 bits per heavy atom. The Morgan fingerprint density at radius 1 is 1.17 bits per heavy atom. The Balaban J connectivity index is 1.47. The number of carbonyl (C=O) groups is 1. The van der Waals surface area contributed by atoms with Gasteiger partial charge in [0.2, 0.25) is 5.91 Å². The van der Waals surface area contributed by atoms with Crippen molar-refractivity contribution in [3.05, 3.63) is 29.3 Å². The summed E-state index contributed by atoms with van der Waals surface area (Å²) in [5, 5.41) is 3.02. The summed E-state index contributed by atoms with van der Waals surface area (Å²) in [6, 6.07) is 3.74. The lowest BCUT2D eigenvalue weighted by atomic mass is 9.84. The zero-order valence-electron chi connectivity index (χ0n) is 16.5. The minimum atomic E-state index is -4.39. The van der Waals surface area contributed by atoms with Gasteiger partial charge in [-0.05, 0) is 56.1 Å². The minimum Gasteiger partial charge on any atom is -0.377 e. The zero-order chi connectivity index (χ0) is 20.4. The van der Waals surface area contributed by atoms with Crippen molar-refractivity contribution in [2.45, 2.75) is 37.9 Å². The molecule has 0 aliphatic carbocycles. The van der Waals surface area contributed by atoms with Crippen molar-refractivity contribution in [1.82, 2.24) is 10.2 Å². The minimum absolute atomic E-state index is 0.0921. The lowest BCUT2D eigenvalue weighted by Crippen LogP contribution is -2.57. The first-order valence-electron chi connectivity index (χ1n) is 10.5. The molecule has 0 saturated carbocycles. The number of nitrogens with one attached hydrogen (secondary N) is 1. The van der Waals surface area contributed by atoms with Gasteiger partial charge in [0.05, 0.1) is 30.7 Å². The van der Waals surface area contributed by atoms with E-state index in [1.54, 1.807) is 6.07 Å². The number of piperidine rings is 1. The van der Waals surface area contributed by atoms with Gasteiger partial charge in [-0.2, -0.15) is 13.2 Å². The first kappa shape index (κ1) is 20.5. The molecular weight excluding hydrogens is 383 g/mol. The Kier molecular flexibility index (Phi) is 6.01. The van der Waals surface area contributed by atoms with Gasteiger partial charge in [-0.15, -0.1) is 0 Å². The highest BCUT2D eigenvalue weighted by atomic mass is 19.4. The number of rotatable bonds is 4. The number of morpholine rings is 1. The summed E-state index contributed by atoms with van der Waals surface area (Å²) in [5.74, 6) is -0.502. The van der Waals surface area contributed by atoms with E-state index < -0.39 is 17.7 Å². The molecule has 160 valence electrons. The van der Waals surface area contributed by atoms with Crippen LogP contribution in [0.4, 0.5) is 18.9 Å². The van der Waals surface area contributed by atoms with Crippen LogP contribution in [0.3, 0.4) is 0 Å². The van der Waals surface area contributed by atoms with E-state index in [1.807, 2.05) is 0 Å². The highest BCUT2D eigenvalue weighted by Crippen LogP contribution is 2.39. The van der Waals surface area contributed by atoms with Crippen molar-refractivity contribution < 1.29 is 22.7 Å². The van der Waals surface area contributed by atoms with E-state index in [0.717, 1.165) is 31.4 Å². The zero-order valence-corrected chi connectivity index (χ0v) is 16.5. The molecule has 0 spiro atoms. The van der Waals surface area contributed by atoms with E-state index in [2.05, 4.69) is 15.1 Å². The first-order valence-corrected chi connectivity index (χ1v) is 10.5. The van der Waals surface area contributed by atoms with E-state index in [0.29, 0.717) is 38.3 Å². The fourth-order valence-corrected chi connectivity index (χ4v) is 4.75. The summed E-state index contributed by atoms with van der Waals surface area (Å²) in [6.07, 6.45) is -0.420. The third-order valence-electron chi connectivity index (χ3n) is 6.30. The van der Waals surface area contributed by atoms with Gasteiger partial charge < -0.3 is 19.9 Å². The normalized spacial score (nSPS) is 25.3. The maximum Gasteiger partial charge on any atom is 0.416 e. The third-order valence-corrected chi connectivity index (χ3v) is 6.30. The summed E-state index contributed by atoms with van der Waals surface area (Å²) in [6.45, 7) is 5.04. The topological polar surface area (TPSA) is 44.8 Å². The van der Waals surface area contributed by atoms with Crippen LogP contribution in [0, 0.1) is 5.92 Å². The average Bonchev–Trinajstić information content (AvgIpc) is 2.72. The third kappa shape index (κ3) is 4.53. The van der Waals surface area contributed by atoms with Gasteiger partial charge in [0.15, 0.2) is 0 Å². The molecule has 2 fully saturated rings. The molecule has 0 radical (unpaired) electrons. The Labute approximate surface area is 169 Å². The van der Waals surface area contributed by atoms with Crippen LogP contribution in [0.5, 0.6) is 0 Å². The number of anilines is 1. The summed E-state index contributed by atoms with van der Waals surface area (Å²) in [4.78, 5) is 17.4. The summed E-state index contributed by atoms with van der Waals surface area (Å²) in [7, 11) is 0. The molecular formula is C21H28F3N3O2. The molecule has 3 aliphatic rings. The van der Waals surface area contributed by atoms with Crippen LogP contribution in [-0.4, -0.2) is 62.8 Å². The van der Waals surface area contributed by atoms with Crippen LogP contribution < -0.4 is 10.2 Å². The SMILES string of the molecule is O=C(NCCN1CCCCC1)[C@H]1Cc2cc(C(F)(F)F)ccc2N2CCOC[C@H]12. The lowest BCUT2D eigenvalue weighted by molar-refractivity contribution is -0.137. The predicted octanol–water partition coefficient (Wildman–Crippen LogP) is 2.69. The van der Waals surface area contributed by atoms with Gasteiger partial charge in [-0.3, -0.25) is 4.79 Å². The molecule has 1 aromatic rings. The molecule has 29 heavy (non-hydrogen) atoms. The van der Waals surface area contributed by atoms with Gasteiger partial charge in [-0.25, -0.2) is 0 Å². The number of halogens is 3. The summed E-state index contributed by atoms with van der Waals surface area (Å²) in [5.41, 5.74) is 0.727. The molecule has 2 atom stereocenters. The Morgan fingerprint density at radius 2 is 1.97 bits per heavy atom. The number of amides is 1. The van der Waals surface area contributed by atoms with Crippen molar-refractivity contribution in [3.63, 3.8) is 0 Å². The van der Waals surface area contributed by atoms with E-state index in [4.69, 9.17) is 4.74 Å². The molecule has 3 heterocycles. The molecule has 1 N–H and O–H groups in total. The number of hydrogen-bond donors (Lipinski definition) is 1. The smallest absolute Gasteiger partial charge is 0.377 e. The largest absolute Gasteiger partial charge is 0.416 e. The standard InChI is InChI=1S/C21H28F3N3O2/c22-21(23,24)16-4-5-18-15(12-16)13-17(19-14-29-11-10-27(18)19)20(28)25-6-9-26-7-2-1-3-8-26/h4-5,12,17,19H,1-3,6-11,13-14H2,(H,25,28)/t17-,19+/m0/s1. The molecule has 1 aromatic carbocycles. The van der Waals surface area contributed by atoms with Gasteiger partial charge in [0.1, 0.15) is 0 Å². The molecule has 8 heteroatoms. The van der Waals surface area contributed by atoms with Gasteiger partial charge in [0.25, 0.3) is 0 Å². The number of likely N-dealkylation sites (tertiary alicyclic amines) is 1. The number of fused-ring (bicyclic) bond motifs is 3. The van der Waals surface area contributed by atoms with Crippen molar-refractivity contribution >= 4 is 11.6 Å². The van der Waals surface area contributed by atoms with Gasteiger partial charge in [-0.1, -0.05) is 6.42 Å². The van der Waals surface area contributed by atoms with Crippen LogP contribution >= 0.6 is 0 Å². The maximum atomic E-state index is 13.2. The number of nitrogens with zero attached hydrogens (tertiary/aromatic N) is 2. The molecule has 3 aliphatic heterocycles. The van der Waals surface area contributed by atoms with E-state index >= 15 is 0 Å². The Bertz CT molecular complexity index is 734. The molecule has 0 bridgehead atoms. The fourth-order valence-electron chi connectivity index (χ4n) is 4.75. The Hall–Kier alpha value is -1.80. The summed E-state index contributed by atoms with van der Waals surface area (Å²) >= 11 is 0. The second-order valence-electron chi connectivity index (χ2n) is 8.18. The number of alkyl halides is 3. The van der Waals surface area contributed by atoms with Crippen LogP contribution in [0.25, 0.3) is 0 Å². The van der Waals surface area contributed by atoms with Crippen molar-refractivity contribution in [3.8, 4) is 0 Å². The van der Waals surface area contributed by atoms with E-state index in [9.17, 15) is 18.0 Å². The highest BCUT2D eigenvalue weighted by Gasteiger charge is 2.41. The second-order valence-corrected chi connectivity index (χ2v) is 8.18. The van der Waals surface area contributed by atoms with Gasteiger partial charge >= 0.3 is 6.18 Å². The fraction of sp³-hybridized carbons (Fsp3) is 0.667. The maximum absolute atomic E-state index is 13.2. The second kappa shape index (κ2) is 8.52. The van der Waals surface area contributed by atoms with E-state index in [1.165, 1.54) is 25.3 Å². The van der Waals surface area contributed by atoms with Gasteiger partial charge in [0, 0.05) is 25.3 Å². The molecule has 1 amide bonds. The predicted molar refractivity (Wildman–Crippen MR) is 104 cm³/mol. The van der Waals surface area contributed by atoms with E-state index in [-0.39, 0.29) is 11.9 Å². The monoisotopic (exact) mass is 411 g/mol. The average molecular weight is 411 g/mol.